The molecule has 1 aliphatic heterocycles. The van der Waals surface area contributed by atoms with E-state index in [0.29, 0.717) is 30.2 Å². The van der Waals surface area contributed by atoms with E-state index in [1.165, 1.54) is 24.3 Å². The summed E-state index contributed by atoms with van der Waals surface area (Å²) in [6.07, 6.45) is 2.84. The SMILES string of the molecule is CC(=O)N[C@@H](CC(=O)O)C(=O)NC(CNCc1cc(OCCC2CCCNC2)ccc1C)Cn1c(=O)oc2ccccc21. The second-order valence-electron chi connectivity index (χ2n) is 11.1. The number of oxazole rings is 1. The van der Waals surface area contributed by atoms with Gasteiger partial charge in [-0.25, -0.2) is 4.79 Å². The van der Waals surface area contributed by atoms with E-state index in [0.717, 1.165) is 36.4 Å². The van der Waals surface area contributed by atoms with Gasteiger partial charge in [0.1, 0.15) is 11.8 Å². The lowest BCUT2D eigenvalue weighted by molar-refractivity contribution is -0.140. The molecule has 1 aromatic heterocycles. The predicted octanol–water partition coefficient (Wildman–Crippen LogP) is 1.93. The topological polar surface area (TPSA) is 164 Å². The number of aliphatic carboxylic acids is 1. The van der Waals surface area contributed by atoms with Crippen LogP contribution in [0.3, 0.4) is 0 Å². The smallest absolute Gasteiger partial charge is 0.420 e. The summed E-state index contributed by atoms with van der Waals surface area (Å²) < 4.78 is 12.8. The summed E-state index contributed by atoms with van der Waals surface area (Å²) in [6, 6.07) is 11.0. The molecule has 232 valence electrons. The number of hydrogen-bond donors (Lipinski definition) is 5. The number of aromatic nitrogens is 1. The van der Waals surface area contributed by atoms with Gasteiger partial charge in [0.2, 0.25) is 11.8 Å². The largest absolute Gasteiger partial charge is 0.494 e. The van der Waals surface area contributed by atoms with Crippen molar-refractivity contribution >= 4 is 28.9 Å². The standard InChI is InChI=1S/C31H41N5O7/c1-20-9-10-25(42-13-11-22-6-5-12-32-16-22)14-23(20)17-33-18-24(35-30(40)26(15-29(38)39)34-21(2)37)19-36-27-7-3-4-8-28(27)43-31(36)41/h3-4,7-10,14,22,24,26,32-33H,5-6,11-13,15-19H2,1-2H3,(H,34,37)(H,35,40)(H,38,39)/t22?,24?,26-/m0/s1. The van der Waals surface area contributed by atoms with Crippen molar-refractivity contribution in [3.05, 3.63) is 64.1 Å². The van der Waals surface area contributed by atoms with Crippen LogP contribution in [-0.2, 0) is 27.5 Å². The zero-order valence-electron chi connectivity index (χ0n) is 24.7. The molecule has 5 N–H and O–H groups in total. The number of carboxylic acid groups (broad SMARTS) is 1. The summed E-state index contributed by atoms with van der Waals surface area (Å²) in [5.41, 5.74) is 3.08. The zero-order chi connectivity index (χ0) is 30.8. The summed E-state index contributed by atoms with van der Waals surface area (Å²) in [5, 5.41) is 21.3. The van der Waals surface area contributed by atoms with Gasteiger partial charge in [-0.2, -0.15) is 0 Å². The van der Waals surface area contributed by atoms with Crippen LogP contribution in [-0.4, -0.2) is 65.8 Å². The second kappa shape index (κ2) is 15.4. The summed E-state index contributed by atoms with van der Waals surface area (Å²) in [6.45, 7) is 6.77. The Morgan fingerprint density at radius 2 is 2.00 bits per heavy atom. The Morgan fingerprint density at radius 3 is 2.74 bits per heavy atom. The monoisotopic (exact) mass is 595 g/mol. The van der Waals surface area contributed by atoms with Gasteiger partial charge in [0.05, 0.1) is 31.1 Å². The van der Waals surface area contributed by atoms with E-state index in [4.69, 9.17) is 9.15 Å². The molecule has 2 amide bonds. The first-order valence-corrected chi connectivity index (χ1v) is 14.7. The van der Waals surface area contributed by atoms with Crippen LogP contribution >= 0.6 is 0 Å². The van der Waals surface area contributed by atoms with E-state index in [1.807, 2.05) is 25.1 Å². The number of nitrogens with one attached hydrogen (secondary N) is 4. The summed E-state index contributed by atoms with van der Waals surface area (Å²) in [5.74, 6) is -1.57. The Morgan fingerprint density at radius 1 is 1.19 bits per heavy atom. The number of amides is 2. The molecule has 1 saturated heterocycles. The Balaban J connectivity index is 1.43. The van der Waals surface area contributed by atoms with Gasteiger partial charge in [-0.3, -0.25) is 19.0 Å². The number of fused-ring (bicyclic) bond motifs is 1. The van der Waals surface area contributed by atoms with Crippen molar-refractivity contribution in [1.82, 2.24) is 25.8 Å². The predicted molar refractivity (Wildman–Crippen MR) is 161 cm³/mol. The number of aryl methyl sites for hydroxylation is 1. The normalized spacial score (nSPS) is 16.4. The van der Waals surface area contributed by atoms with Gasteiger partial charge in [-0.05, 0) is 80.6 Å². The minimum atomic E-state index is -1.27. The van der Waals surface area contributed by atoms with E-state index in [9.17, 15) is 24.3 Å². The van der Waals surface area contributed by atoms with Crippen LogP contribution in [0.1, 0.15) is 43.7 Å². The number of carbonyl (C=O) groups excluding carboxylic acids is 2. The van der Waals surface area contributed by atoms with Gasteiger partial charge in [-0.1, -0.05) is 18.2 Å². The van der Waals surface area contributed by atoms with Crippen molar-refractivity contribution in [2.75, 3.05) is 26.2 Å². The van der Waals surface area contributed by atoms with Crippen LogP contribution in [0.2, 0.25) is 0 Å². The Labute approximate surface area is 250 Å². The molecule has 1 fully saturated rings. The molecule has 12 heteroatoms. The molecule has 4 rings (SSSR count). The van der Waals surface area contributed by atoms with Gasteiger partial charge in [-0.15, -0.1) is 0 Å². The molecule has 0 radical (unpaired) electrons. The van der Waals surface area contributed by atoms with E-state index >= 15 is 0 Å². The lowest BCUT2D eigenvalue weighted by atomic mass is 9.97. The Bertz CT molecular complexity index is 1440. The number of ether oxygens (including phenoxy) is 1. The van der Waals surface area contributed by atoms with Crippen LogP contribution in [0.5, 0.6) is 5.75 Å². The average molecular weight is 596 g/mol. The van der Waals surface area contributed by atoms with Crippen LogP contribution in [0.4, 0.5) is 0 Å². The van der Waals surface area contributed by atoms with Crippen LogP contribution in [0.15, 0.2) is 51.7 Å². The number of rotatable bonds is 15. The van der Waals surface area contributed by atoms with Crippen molar-refractivity contribution < 1.29 is 28.6 Å². The Hall–Kier alpha value is -4.16. The number of nitrogens with zero attached hydrogens (tertiary/aromatic N) is 1. The molecule has 2 unspecified atom stereocenters. The number of benzene rings is 2. The molecule has 3 aromatic rings. The molecular weight excluding hydrogens is 554 g/mol. The van der Waals surface area contributed by atoms with Gasteiger partial charge >= 0.3 is 11.7 Å². The van der Waals surface area contributed by atoms with Gasteiger partial charge in [0, 0.05) is 20.0 Å². The summed E-state index contributed by atoms with van der Waals surface area (Å²) in [4.78, 5) is 48.8. The van der Waals surface area contributed by atoms with Crippen LogP contribution < -0.4 is 31.8 Å². The fraction of sp³-hybridized carbons (Fsp3) is 0.484. The minimum absolute atomic E-state index is 0.0621. The zero-order valence-corrected chi connectivity index (χ0v) is 24.7. The lowest BCUT2D eigenvalue weighted by Crippen LogP contribution is -2.53. The molecule has 43 heavy (non-hydrogen) atoms. The highest BCUT2D eigenvalue weighted by Gasteiger charge is 2.26. The van der Waals surface area contributed by atoms with Crippen molar-refractivity contribution in [1.29, 1.82) is 0 Å². The van der Waals surface area contributed by atoms with Crippen molar-refractivity contribution in [2.45, 2.75) is 64.7 Å². The molecule has 2 aromatic carbocycles. The van der Waals surface area contributed by atoms with Gasteiger partial charge in [0.25, 0.3) is 0 Å². The van der Waals surface area contributed by atoms with Gasteiger partial charge in [0.15, 0.2) is 5.58 Å². The van der Waals surface area contributed by atoms with Crippen molar-refractivity contribution in [2.24, 2.45) is 5.92 Å². The quantitative estimate of drug-likeness (QED) is 0.177. The number of carboxylic acids is 1. The fourth-order valence-corrected chi connectivity index (χ4v) is 5.32. The highest BCUT2D eigenvalue weighted by molar-refractivity contribution is 5.90. The first kappa shape index (κ1) is 31.8. The molecule has 0 aliphatic carbocycles. The fourth-order valence-electron chi connectivity index (χ4n) is 5.32. The third-order valence-electron chi connectivity index (χ3n) is 7.62. The molecule has 0 saturated carbocycles. The molecule has 1 aliphatic rings. The molecule has 2 heterocycles. The molecule has 0 bridgehead atoms. The average Bonchev–Trinajstić information content (AvgIpc) is 3.28. The maximum absolute atomic E-state index is 13.1. The molecule has 0 spiro atoms. The summed E-state index contributed by atoms with van der Waals surface area (Å²) >= 11 is 0. The highest BCUT2D eigenvalue weighted by atomic mass is 16.5. The third kappa shape index (κ3) is 9.42. The second-order valence-corrected chi connectivity index (χ2v) is 11.1. The molecule has 12 nitrogen and oxygen atoms in total. The van der Waals surface area contributed by atoms with E-state index in [1.54, 1.807) is 24.3 Å². The van der Waals surface area contributed by atoms with Crippen LogP contribution in [0.25, 0.3) is 11.1 Å². The molecular formula is C31H41N5O7. The van der Waals surface area contributed by atoms with E-state index < -0.39 is 42.0 Å². The highest BCUT2D eigenvalue weighted by Crippen LogP contribution is 2.20. The number of carbonyl (C=O) groups is 3. The van der Waals surface area contributed by atoms with Crippen LogP contribution in [0, 0.1) is 12.8 Å². The van der Waals surface area contributed by atoms with Crippen molar-refractivity contribution in [3.8, 4) is 5.75 Å². The lowest BCUT2D eigenvalue weighted by Gasteiger charge is -2.23. The Kier molecular flexibility index (Phi) is 11.3. The maximum Gasteiger partial charge on any atom is 0.420 e. The third-order valence-corrected chi connectivity index (χ3v) is 7.62. The first-order valence-electron chi connectivity index (χ1n) is 14.7. The number of hydrogen-bond acceptors (Lipinski definition) is 8. The van der Waals surface area contributed by atoms with E-state index in [2.05, 4.69) is 21.3 Å². The number of piperidine rings is 1. The van der Waals surface area contributed by atoms with Gasteiger partial charge < -0.3 is 35.5 Å². The first-order chi connectivity index (χ1) is 20.7. The number of para-hydroxylation sites is 2. The van der Waals surface area contributed by atoms with E-state index in [-0.39, 0.29) is 13.1 Å². The minimum Gasteiger partial charge on any atom is -0.494 e. The summed E-state index contributed by atoms with van der Waals surface area (Å²) in [7, 11) is 0. The van der Waals surface area contributed by atoms with Crippen molar-refractivity contribution in [3.63, 3.8) is 0 Å². The maximum atomic E-state index is 13.1. The molecule has 3 atom stereocenters.